The molecule has 0 fully saturated rings. The highest BCUT2D eigenvalue weighted by atomic mass is 32.2. The molecule has 0 aliphatic carbocycles. The van der Waals surface area contributed by atoms with Gasteiger partial charge in [0.05, 0.1) is 11.4 Å². The number of aromatic nitrogens is 1. The van der Waals surface area contributed by atoms with Crippen LogP contribution in [0.2, 0.25) is 0 Å². The number of benzene rings is 1. The van der Waals surface area contributed by atoms with E-state index in [4.69, 9.17) is 5.11 Å². The summed E-state index contributed by atoms with van der Waals surface area (Å²) < 4.78 is 25.5. The van der Waals surface area contributed by atoms with Crippen molar-refractivity contribution >= 4 is 33.2 Å². The van der Waals surface area contributed by atoms with Crippen LogP contribution in [-0.4, -0.2) is 37.4 Å². The van der Waals surface area contributed by atoms with Crippen molar-refractivity contribution in [1.82, 2.24) is 15.0 Å². The van der Waals surface area contributed by atoms with Gasteiger partial charge in [0, 0.05) is 11.8 Å². The highest BCUT2D eigenvalue weighted by molar-refractivity contribution is 7.89. The Morgan fingerprint density at radius 3 is 2.48 bits per heavy atom. The van der Waals surface area contributed by atoms with Crippen LogP contribution in [0, 0.1) is 0 Å². The van der Waals surface area contributed by atoms with Gasteiger partial charge in [0.2, 0.25) is 15.9 Å². The van der Waals surface area contributed by atoms with E-state index in [0.29, 0.717) is 11.4 Å². The third-order valence-corrected chi connectivity index (χ3v) is 5.63. The van der Waals surface area contributed by atoms with Crippen molar-refractivity contribution < 1.29 is 23.1 Å². The van der Waals surface area contributed by atoms with Crippen LogP contribution in [0.4, 0.5) is 0 Å². The van der Waals surface area contributed by atoms with Gasteiger partial charge < -0.3 is 10.4 Å². The lowest BCUT2D eigenvalue weighted by Crippen LogP contribution is -2.23. The number of aromatic carboxylic acids is 1. The van der Waals surface area contributed by atoms with Gasteiger partial charge in [-0.2, -0.15) is 0 Å². The molecule has 0 unspecified atom stereocenters. The van der Waals surface area contributed by atoms with E-state index in [2.05, 4.69) is 15.0 Å². The predicted molar refractivity (Wildman–Crippen MR) is 91.9 cm³/mol. The van der Waals surface area contributed by atoms with Gasteiger partial charge in [-0.3, -0.25) is 4.79 Å². The number of sulfonamides is 1. The first-order valence-corrected chi connectivity index (χ1v) is 9.65. The lowest BCUT2D eigenvalue weighted by Gasteiger charge is -2.05. The molecule has 3 N–H and O–H groups in total. The number of carbonyl (C=O) groups is 2. The van der Waals surface area contributed by atoms with Gasteiger partial charge in [-0.25, -0.2) is 22.9 Å². The number of aryl methyl sites for hydroxylation is 1. The first kappa shape index (κ1) is 19.0. The smallest absolute Gasteiger partial charge is 0.355 e. The Bertz CT molecular complexity index is 860. The summed E-state index contributed by atoms with van der Waals surface area (Å²) in [5.74, 6) is -1.29. The van der Waals surface area contributed by atoms with E-state index in [1.165, 1.54) is 35.9 Å². The van der Waals surface area contributed by atoms with Crippen molar-refractivity contribution in [2.24, 2.45) is 0 Å². The second-order valence-corrected chi connectivity index (χ2v) is 7.89. The minimum atomic E-state index is -3.47. The maximum Gasteiger partial charge on any atom is 0.355 e. The molecular weight excluding hydrogens is 366 g/mol. The first-order chi connectivity index (χ1) is 11.8. The van der Waals surface area contributed by atoms with Gasteiger partial charge in [-0.15, -0.1) is 11.3 Å². The van der Waals surface area contributed by atoms with Crippen LogP contribution in [-0.2, 0) is 27.8 Å². The summed E-state index contributed by atoms with van der Waals surface area (Å²) >= 11 is 1.17. The normalized spacial score (nSPS) is 11.2. The fraction of sp³-hybridized carbons (Fsp3) is 0.267. The average Bonchev–Trinajstić information content (AvgIpc) is 3.08. The molecule has 0 spiro atoms. The van der Waals surface area contributed by atoms with Crippen molar-refractivity contribution in [1.29, 1.82) is 0 Å². The SMILES string of the molecule is CNS(=O)(=O)c1ccc(CCC(=O)NCc2nc(C(=O)O)cs2)cc1. The van der Waals surface area contributed by atoms with Gasteiger partial charge in [0.1, 0.15) is 5.01 Å². The third-order valence-electron chi connectivity index (χ3n) is 3.35. The lowest BCUT2D eigenvalue weighted by molar-refractivity contribution is -0.121. The number of nitrogens with zero attached hydrogens (tertiary/aromatic N) is 1. The Balaban J connectivity index is 1.82. The Morgan fingerprint density at radius 1 is 1.24 bits per heavy atom. The molecule has 2 rings (SSSR count). The molecule has 1 aromatic heterocycles. The number of hydrogen-bond donors (Lipinski definition) is 3. The second kappa shape index (κ2) is 8.19. The van der Waals surface area contributed by atoms with Gasteiger partial charge in [0.15, 0.2) is 5.69 Å². The summed E-state index contributed by atoms with van der Waals surface area (Å²) in [5, 5.41) is 13.4. The maximum absolute atomic E-state index is 11.8. The second-order valence-electron chi connectivity index (χ2n) is 5.06. The van der Waals surface area contributed by atoms with Gasteiger partial charge in [-0.1, -0.05) is 12.1 Å². The zero-order valence-electron chi connectivity index (χ0n) is 13.4. The van der Waals surface area contributed by atoms with Gasteiger partial charge in [0.25, 0.3) is 0 Å². The van der Waals surface area contributed by atoms with E-state index >= 15 is 0 Å². The topological polar surface area (TPSA) is 125 Å². The molecular formula is C15H17N3O5S2. The molecule has 0 bridgehead atoms. The molecule has 2 aromatic rings. The molecule has 0 atom stereocenters. The van der Waals surface area contributed by atoms with Crippen LogP contribution >= 0.6 is 11.3 Å². The van der Waals surface area contributed by atoms with Crippen molar-refractivity contribution in [2.45, 2.75) is 24.3 Å². The minimum absolute atomic E-state index is 0.0362. The molecule has 0 radical (unpaired) electrons. The Kier molecular flexibility index (Phi) is 6.23. The number of nitrogens with one attached hydrogen (secondary N) is 2. The molecule has 10 heteroatoms. The Hall–Kier alpha value is -2.30. The molecule has 134 valence electrons. The quantitative estimate of drug-likeness (QED) is 0.624. The highest BCUT2D eigenvalue weighted by Gasteiger charge is 2.11. The summed E-state index contributed by atoms with van der Waals surface area (Å²) in [6.45, 7) is 0.177. The summed E-state index contributed by atoms with van der Waals surface area (Å²) in [5.41, 5.74) is 0.804. The predicted octanol–water partition coefficient (Wildman–Crippen LogP) is 0.998. The van der Waals surface area contributed by atoms with Crippen LogP contribution in [0.5, 0.6) is 0 Å². The maximum atomic E-state index is 11.8. The zero-order valence-corrected chi connectivity index (χ0v) is 15.0. The fourth-order valence-electron chi connectivity index (χ4n) is 1.96. The zero-order chi connectivity index (χ0) is 18.4. The minimum Gasteiger partial charge on any atom is -0.476 e. The first-order valence-electron chi connectivity index (χ1n) is 7.28. The fourth-order valence-corrected chi connectivity index (χ4v) is 3.40. The van der Waals surface area contributed by atoms with Crippen LogP contribution in [0.3, 0.4) is 0 Å². The molecule has 1 amide bonds. The van der Waals surface area contributed by atoms with Crippen molar-refractivity contribution in [2.75, 3.05) is 7.05 Å². The van der Waals surface area contributed by atoms with Crippen LogP contribution in [0.25, 0.3) is 0 Å². The molecule has 25 heavy (non-hydrogen) atoms. The van der Waals surface area contributed by atoms with E-state index in [1.807, 2.05) is 0 Å². The number of carbonyl (C=O) groups excluding carboxylic acids is 1. The van der Waals surface area contributed by atoms with E-state index in [9.17, 15) is 18.0 Å². The lowest BCUT2D eigenvalue weighted by atomic mass is 10.1. The summed E-state index contributed by atoms with van der Waals surface area (Å²) in [6, 6.07) is 6.30. The van der Waals surface area contributed by atoms with Crippen molar-refractivity contribution in [3.63, 3.8) is 0 Å². The number of carboxylic acids is 1. The average molecular weight is 383 g/mol. The van der Waals surface area contributed by atoms with E-state index in [-0.39, 0.29) is 29.5 Å². The molecule has 1 aromatic carbocycles. The molecule has 0 aliphatic heterocycles. The van der Waals surface area contributed by atoms with E-state index in [0.717, 1.165) is 5.56 Å². The number of carboxylic acid groups (broad SMARTS) is 1. The summed E-state index contributed by atoms with van der Waals surface area (Å²) in [4.78, 5) is 26.6. The summed E-state index contributed by atoms with van der Waals surface area (Å²) in [7, 11) is -2.12. The monoisotopic (exact) mass is 383 g/mol. The summed E-state index contributed by atoms with van der Waals surface area (Å²) in [6.07, 6.45) is 0.694. The molecule has 0 saturated carbocycles. The van der Waals surface area contributed by atoms with Crippen LogP contribution in [0.1, 0.15) is 27.5 Å². The van der Waals surface area contributed by atoms with E-state index < -0.39 is 16.0 Å². The largest absolute Gasteiger partial charge is 0.476 e. The Morgan fingerprint density at radius 2 is 1.92 bits per heavy atom. The highest BCUT2D eigenvalue weighted by Crippen LogP contribution is 2.12. The number of amides is 1. The number of rotatable bonds is 8. The molecule has 0 aliphatic rings. The van der Waals surface area contributed by atoms with E-state index in [1.54, 1.807) is 12.1 Å². The van der Waals surface area contributed by atoms with Crippen LogP contribution < -0.4 is 10.0 Å². The molecule has 1 heterocycles. The molecule has 8 nitrogen and oxygen atoms in total. The van der Waals surface area contributed by atoms with Gasteiger partial charge in [-0.05, 0) is 31.2 Å². The Labute approximate surface area is 149 Å². The molecule has 0 saturated heterocycles. The van der Waals surface area contributed by atoms with Gasteiger partial charge >= 0.3 is 5.97 Å². The van der Waals surface area contributed by atoms with Crippen molar-refractivity contribution in [3.8, 4) is 0 Å². The van der Waals surface area contributed by atoms with Crippen LogP contribution in [0.15, 0.2) is 34.5 Å². The van der Waals surface area contributed by atoms with Crippen molar-refractivity contribution in [3.05, 3.63) is 45.9 Å². The standard InChI is InChI=1S/C15H17N3O5S2/c1-16-25(22,23)11-5-2-10(3-6-11)4-7-13(19)17-8-14-18-12(9-24-14)15(20)21/h2-3,5-6,9,16H,4,7-8H2,1H3,(H,17,19)(H,20,21). The third kappa shape index (κ3) is 5.34. The number of thiazole rings is 1. The number of hydrogen-bond acceptors (Lipinski definition) is 6.